The van der Waals surface area contributed by atoms with E-state index in [4.69, 9.17) is 0 Å². The van der Waals surface area contributed by atoms with Gasteiger partial charge < -0.3 is 4.74 Å². The van der Waals surface area contributed by atoms with Crippen LogP contribution in [-0.2, 0) is 9.53 Å². The average molecular weight is 198 g/mol. The van der Waals surface area contributed by atoms with E-state index < -0.39 is 18.3 Å². The standard InChI is InChI=1S/C7H6F4O2/c1-2-13-5(12)3-4-7(10,11)6(8)9/h6H,2H2,1H3. The molecule has 0 rings (SSSR count). The molecule has 0 heterocycles. The van der Waals surface area contributed by atoms with Gasteiger partial charge in [0.05, 0.1) is 6.61 Å². The number of hydrogen-bond donors (Lipinski definition) is 0. The number of ether oxygens (including phenoxy) is 1. The van der Waals surface area contributed by atoms with Gasteiger partial charge in [-0.25, -0.2) is 13.6 Å². The molecule has 0 aliphatic heterocycles. The van der Waals surface area contributed by atoms with Crippen LogP contribution < -0.4 is 0 Å². The van der Waals surface area contributed by atoms with Crippen molar-refractivity contribution < 1.29 is 27.1 Å². The molecule has 0 aromatic heterocycles. The fourth-order valence-corrected chi connectivity index (χ4v) is 0.356. The predicted octanol–water partition coefficient (Wildman–Crippen LogP) is 1.45. The Labute approximate surface area is 71.9 Å². The number of carbonyl (C=O) groups is 1. The van der Waals surface area contributed by atoms with Crippen LogP contribution >= 0.6 is 0 Å². The minimum atomic E-state index is -4.47. The first kappa shape index (κ1) is 11.8. The van der Waals surface area contributed by atoms with Crippen molar-refractivity contribution in [1.29, 1.82) is 0 Å². The van der Waals surface area contributed by atoms with Crippen LogP contribution in [0.4, 0.5) is 17.6 Å². The van der Waals surface area contributed by atoms with Crippen molar-refractivity contribution in [1.82, 2.24) is 0 Å². The SMILES string of the molecule is CCOC(=O)C#CC(F)(F)C(F)F. The number of hydrogen-bond acceptors (Lipinski definition) is 2. The summed E-state index contributed by atoms with van der Waals surface area (Å²) in [5.74, 6) is -3.61. The maximum Gasteiger partial charge on any atom is 0.384 e. The van der Waals surface area contributed by atoms with Gasteiger partial charge in [0, 0.05) is 5.92 Å². The van der Waals surface area contributed by atoms with Crippen molar-refractivity contribution in [3.63, 3.8) is 0 Å². The highest BCUT2D eigenvalue weighted by Crippen LogP contribution is 2.20. The zero-order valence-electron chi connectivity index (χ0n) is 6.61. The second kappa shape index (κ2) is 4.70. The van der Waals surface area contributed by atoms with Gasteiger partial charge in [-0.2, -0.15) is 8.78 Å². The average Bonchev–Trinajstić information content (AvgIpc) is 2.01. The molecule has 0 spiro atoms. The molecule has 0 aromatic rings. The van der Waals surface area contributed by atoms with Crippen LogP contribution in [0.5, 0.6) is 0 Å². The van der Waals surface area contributed by atoms with E-state index in [1.54, 1.807) is 0 Å². The van der Waals surface area contributed by atoms with E-state index >= 15 is 0 Å². The lowest BCUT2D eigenvalue weighted by Crippen LogP contribution is -2.24. The molecule has 0 aliphatic carbocycles. The van der Waals surface area contributed by atoms with E-state index in [1.807, 2.05) is 0 Å². The zero-order valence-corrected chi connectivity index (χ0v) is 6.61. The molecule has 0 bridgehead atoms. The van der Waals surface area contributed by atoms with E-state index in [9.17, 15) is 22.4 Å². The predicted molar refractivity (Wildman–Crippen MR) is 35.4 cm³/mol. The first-order valence-corrected chi connectivity index (χ1v) is 3.26. The third kappa shape index (κ3) is 4.35. The molecule has 0 unspecified atom stereocenters. The van der Waals surface area contributed by atoms with Crippen molar-refractivity contribution in [3.05, 3.63) is 0 Å². The number of halogens is 4. The van der Waals surface area contributed by atoms with Crippen LogP contribution in [0, 0.1) is 11.8 Å². The Balaban J connectivity index is 4.31. The smallest absolute Gasteiger partial charge is 0.384 e. The Hall–Kier alpha value is -1.25. The highest BCUT2D eigenvalue weighted by Gasteiger charge is 2.38. The summed E-state index contributed by atoms with van der Waals surface area (Å²) >= 11 is 0. The summed E-state index contributed by atoms with van der Waals surface area (Å²) in [7, 11) is 0. The fourth-order valence-electron chi connectivity index (χ4n) is 0.356. The minimum absolute atomic E-state index is 0.0479. The molecule has 0 atom stereocenters. The quantitative estimate of drug-likeness (QED) is 0.290. The summed E-state index contributed by atoms with van der Waals surface area (Å²) in [5.41, 5.74) is 0. The molecule has 0 saturated heterocycles. The molecular formula is C7H6F4O2. The van der Waals surface area contributed by atoms with Crippen LogP contribution in [0.3, 0.4) is 0 Å². The largest absolute Gasteiger partial charge is 0.456 e. The summed E-state index contributed by atoms with van der Waals surface area (Å²) in [6.07, 6.45) is -3.91. The molecule has 0 fully saturated rings. The van der Waals surface area contributed by atoms with E-state index in [0.717, 1.165) is 5.92 Å². The number of carbonyl (C=O) groups excluding carboxylic acids is 1. The molecule has 2 nitrogen and oxygen atoms in total. The van der Waals surface area contributed by atoms with Crippen LogP contribution in [0.1, 0.15) is 6.92 Å². The Morgan fingerprint density at radius 3 is 2.46 bits per heavy atom. The lowest BCUT2D eigenvalue weighted by Gasteiger charge is -2.05. The Kier molecular flexibility index (Phi) is 4.25. The normalized spacial score (nSPS) is 10.6. The van der Waals surface area contributed by atoms with Gasteiger partial charge in [0.2, 0.25) is 0 Å². The maximum atomic E-state index is 12.0. The number of rotatable bonds is 2. The topological polar surface area (TPSA) is 26.3 Å². The van der Waals surface area contributed by atoms with Gasteiger partial charge in [-0.05, 0) is 12.8 Å². The molecular weight excluding hydrogens is 192 g/mol. The van der Waals surface area contributed by atoms with Gasteiger partial charge in [0.15, 0.2) is 0 Å². The zero-order chi connectivity index (χ0) is 10.5. The number of alkyl halides is 4. The summed E-state index contributed by atoms with van der Waals surface area (Å²) < 4.78 is 51.0. The molecule has 0 amide bonds. The highest BCUT2D eigenvalue weighted by molar-refractivity contribution is 5.88. The van der Waals surface area contributed by atoms with Crippen molar-refractivity contribution in [2.75, 3.05) is 6.61 Å². The van der Waals surface area contributed by atoms with Crippen molar-refractivity contribution in [2.45, 2.75) is 19.3 Å². The van der Waals surface area contributed by atoms with Crippen molar-refractivity contribution >= 4 is 5.97 Å². The van der Waals surface area contributed by atoms with Gasteiger partial charge in [0.1, 0.15) is 0 Å². The van der Waals surface area contributed by atoms with Crippen molar-refractivity contribution in [3.8, 4) is 11.8 Å². The van der Waals surface area contributed by atoms with E-state index in [1.165, 1.54) is 12.8 Å². The lowest BCUT2D eigenvalue weighted by molar-refractivity contribution is -0.136. The van der Waals surface area contributed by atoms with E-state index in [0.29, 0.717) is 0 Å². The lowest BCUT2D eigenvalue weighted by atomic mass is 10.3. The van der Waals surface area contributed by atoms with E-state index in [2.05, 4.69) is 4.74 Å². The summed E-state index contributed by atoms with van der Waals surface area (Å²) in [6.45, 7) is 1.39. The molecule has 13 heavy (non-hydrogen) atoms. The summed E-state index contributed by atoms with van der Waals surface area (Å²) in [4.78, 5) is 10.3. The summed E-state index contributed by atoms with van der Waals surface area (Å²) in [5, 5.41) is 0. The molecule has 0 N–H and O–H groups in total. The highest BCUT2D eigenvalue weighted by atomic mass is 19.3. The maximum absolute atomic E-state index is 12.0. The first-order chi connectivity index (χ1) is 5.90. The van der Waals surface area contributed by atoms with Gasteiger partial charge in [-0.3, -0.25) is 0 Å². The Morgan fingerprint density at radius 2 is 2.08 bits per heavy atom. The molecule has 0 aromatic carbocycles. The second-order valence-electron chi connectivity index (χ2n) is 1.89. The third-order valence-corrected chi connectivity index (χ3v) is 0.881. The van der Waals surface area contributed by atoms with Gasteiger partial charge in [0.25, 0.3) is 0 Å². The Bertz CT molecular complexity index is 239. The monoisotopic (exact) mass is 198 g/mol. The van der Waals surface area contributed by atoms with Crippen LogP contribution in [0.25, 0.3) is 0 Å². The molecule has 0 saturated carbocycles. The van der Waals surface area contributed by atoms with Gasteiger partial charge in [-0.1, -0.05) is 0 Å². The van der Waals surface area contributed by atoms with Crippen LogP contribution in [0.2, 0.25) is 0 Å². The number of esters is 1. The second-order valence-corrected chi connectivity index (χ2v) is 1.89. The van der Waals surface area contributed by atoms with Crippen molar-refractivity contribution in [2.24, 2.45) is 0 Å². The molecule has 6 heteroatoms. The van der Waals surface area contributed by atoms with Gasteiger partial charge in [-0.15, -0.1) is 0 Å². The van der Waals surface area contributed by atoms with Crippen LogP contribution in [0.15, 0.2) is 0 Å². The minimum Gasteiger partial charge on any atom is -0.456 e. The Morgan fingerprint density at radius 1 is 1.54 bits per heavy atom. The fraction of sp³-hybridized carbons (Fsp3) is 0.571. The molecule has 74 valence electrons. The third-order valence-electron chi connectivity index (χ3n) is 0.881. The molecule has 0 radical (unpaired) electrons. The van der Waals surface area contributed by atoms with E-state index in [-0.39, 0.29) is 6.61 Å². The summed E-state index contributed by atoms with van der Waals surface area (Å²) in [6, 6.07) is 0. The first-order valence-electron chi connectivity index (χ1n) is 3.26. The van der Waals surface area contributed by atoms with Gasteiger partial charge >= 0.3 is 18.3 Å². The molecule has 0 aliphatic rings. The van der Waals surface area contributed by atoms with Crippen LogP contribution in [-0.4, -0.2) is 24.9 Å².